The quantitative estimate of drug-likeness (QED) is 0.818. The Balaban J connectivity index is 2.15. The molecule has 1 heterocycles. The van der Waals surface area contributed by atoms with Gasteiger partial charge < -0.3 is 15.0 Å². The average molecular weight is 373 g/mol. The monoisotopic (exact) mass is 373 g/mol. The molecule has 0 saturated heterocycles. The van der Waals surface area contributed by atoms with Gasteiger partial charge in [0, 0.05) is 24.9 Å². The molecule has 1 aromatic carbocycles. The molecule has 1 fully saturated rings. The van der Waals surface area contributed by atoms with Crippen LogP contribution in [-0.4, -0.2) is 36.9 Å². The molecule has 0 spiro atoms. The number of rotatable bonds is 3. The van der Waals surface area contributed by atoms with Crippen LogP contribution in [0.5, 0.6) is 5.75 Å². The first kappa shape index (κ1) is 19.6. The van der Waals surface area contributed by atoms with Crippen LogP contribution < -0.4 is 4.74 Å². The van der Waals surface area contributed by atoms with Crippen molar-refractivity contribution in [1.29, 1.82) is 21.2 Å². The molecule has 0 aromatic heterocycles. The molecule has 0 unspecified atom stereocenters. The van der Waals surface area contributed by atoms with Gasteiger partial charge in [-0.2, -0.15) is 15.8 Å². The zero-order chi connectivity index (χ0) is 20.5. The molecule has 1 aliphatic heterocycles. The van der Waals surface area contributed by atoms with Crippen LogP contribution in [0.25, 0.3) is 0 Å². The van der Waals surface area contributed by atoms with Crippen molar-refractivity contribution in [1.82, 2.24) is 4.90 Å². The number of hydrogen-bond acceptors (Lipinski definition) is 6. The number of fused-ring (bicyclic) bond motifs is 1. The highest BCUT2D eigenvalue weighted by Gasteiger charge is 2.57. The van der Waals surface area contributed by atoms with Crippen LogP contribution in [-0.2, 0) is 0 Å². The van der Waals surface area contributed by atoms with E-state index in [0.29, 0.717) is 13.1 Å². The van der Waals surface area contributed by atoms with Crippen LogP contribution in [0.15, 0.2) is 35.9 Å². The molecular weight excluding hydrogens is 350 g/mol. The Morgan fingerprint density at radius 2 is 1.82 bits per heavy atom. The van der Waals surface area contributed by atoms with E-state index in [1.54, 1.807) is 0 Å². The number of benzene rings is 1. The van der Waals surface area contributed by atoms with Crippen molar-refractivity contribution in [2.75, 3.05) is 20.1 Å². The number of hydrogen-bond donors (Lipinski definition) is 1. The second kappa shape index (κ2) is 7.47. The fourth-order valence-corrected chi connectivity index (χ4v) is 4.35. The maximum absolute atomic E-state index is 10.0. The van der Waals surface area contributed by atoms with Crippen molar-refractivity contribution >= 4 is 5.71 Å². The molecule has 1 aromatic rings. The molecule has 3 atom stereocenters. The normalized spacial score (nSPS) is 26.4. The molecule has 0 bridgehead atoms. The summed E-state index contributed by atoms with van der Waals surface area (Å²) in [7, 11) is 1.98. The minimum absolute atomic E-state index is 0.0453. The number of nitriles is 3. The van der Waals surface area contributed by atoms with E-state index in [2.05, 4.69) is 23.1 Å². The Kier molecular flexibility index (Phi) is 5.23. The lowest BCUT2D eigenvalue weighted by Crippen LogP contribution is -2.52. The Hall–Kier alpha value is -3.14. The largest absolute Gasteiger partial charge is 0.491 e. The Morgan fingerprint density at radius 3 is 2.36 bits per heavy atom. The smallest absolute Gasteiger partial charge is 0.189 e. The van der Waals surface area contributed by atoms with Gasteiger partial charge in [-0.3, -0.25) is 0 Å². The molecule has 0 amide bonds. The van der Waals surface area contributed by atoms with Gasteiger partial charge in [0.2, 0.25) is 0 Å². The van der Waals surface area contributed by atoms with Crippen molar-refractivity contribution in [2.24, 2.45) is 17.3 Å². The first-order valence-corrected chi connectivity index (χ1v) is 9.34. The van der Waals surface area contributed by atoms with Crippen LogP contribution in [0.4, 0.5) is 0 Å². The molecule has 1 saturated carbocycles. The Bertz CT molecular complexity index is 912. The van der Waals surface area contributed by atoms with Gasteiger partial charge in [-0.15, -0.1) is 0 Å². The highest BCUT2D eigenvalue weighted by atomic mass is 16.5. The fraction of sp³-hybridized carbons (Fsp3) is 0.455. The van der Waals surface area contributed by atoms with E-state index in [1.165, 1.54) is 0 Å². The van der Waals surface area contributed by atoms with Gasteiger partial charge in [-0.1, -0.05) is 18.2 Å². The van der Waals surface area contributed by atoms with Gasteiger partial charge in [0.1, 0.15) is 11.7 Å². The summed E-state index contributed by atoms with van der Waals surface area (Å²) >= 11 is 0. The summed E-state index contributed by atoms with van der Waals surface area (Å²) in [5.74, 6) is -0.788. The summed E-state index contributed by atoms with van der Waals surface area (Å²) < 4.78 is 5.71. The number of nitrogens with one attached hydrogen (secondary N) is 1. The zero-order valence-corrected chi connectivity index (χ0v) is 16.3. The summed E-state index contributed by atoms with van der Waals surface area (Å²) in [6.07, 6.45) is 2.03. The third kappa shape index (κ3) is 3.05. The molecule has 3 rings (SSSR count). The van der Waals surface area contributed by atoms with Gasteiger partial charge in [0.25, 0.3) is 0 Å². The fourth-order valence-electron chi connectivity index (χ4n) is 4.35. The topological polar surface area (TPSA) is 108 Å². The zero-order valence-electron chi connectivity index (χ0n) is 16.3. The number of likely N-dealkylation sites (N-methyl/N-ethyl adjacent to an activating group) is 1. The van der Waals surface area contributed by atoms with Crippen molar-refractivity contribution in [3.8, 4) is 24.0 Å². The third-order valence-corrected chi connectivity index (χ3v) is 5.58. The standard InChI is InChI=1S/C22H23N5O/c1-14(2)28-16-6-4-15(5-7-16)20-19-11-27(3)9-8-17(19)18(10-23)21(26)22(20,12-24)13-25/h4-8,14,18-20,26H,9,11H2,1-3H3/t18-,19-,20-/m0/s1. The van der Waals surface area contributed by atoms with Gasteiger partial charge in [-0.05, 0) is 44.2 Å². The van der Waals surface area contributed by atoms with E-state index in [4.69, 9.17) is 10.1 Å². The highest BCUT2D eigenvalue weighted by Crippen LogP contribution is 2.53. The van der Waals surface area contributed by atoms with E-state index in [1.807, 2.05) is 51.2 Å². The van der Waals surface area contributed by atoms with E-state index in [0.717, 1.165) is 16.9 Å². The predicted molar refractivity (Wildman–Crippen MR) is 105 cm³/mol. The van der Waals surface area contributed by atoms with Gasteiger partial charge in [0.05, 0.1) is 30.0 Å². The maximum atomic E-state index is 10.0. The SMILES string of the molecule is CC(C)Oc1ccc([C@H]2[C@H]3CN(C)CC=C3[C@H](C#N)C(=N)C2(C#N)C#N)cc1. The van der Waals surface area contributed by atoms with Crippen LogP contribution in [0.1, 0.15) is 25.3 Å². The lowest BCUT2D eigenvalue weighted by molar-refractivity contribution is 0.233. The Morgan fingerprint density at radius 1 is 1.18 bits per heavy atom. The van der Waals surface area contributed by atoms with E-state index in [9.17, 15) is 15.8 Å². The second-order valence-corrected chi connectivity index (χ2v) is 7.75. The maximum Gasteiger partial charge on any atom is 0.189 e. The van der Waals surface area contributed by atoms with Crippen LogP contribution in [0.3, 0.4) is 0 Å². The van der Waals surface area contributed by atoms with Gasteiger partial charge >= 0.3 is 0 Å². The van der Waals surface area contributed by atoms with E-state index >= 15 is 0 Å². The Labute approximate surface area is 165 Å². The molecule has 2 aliphatic rings. The minimum atomic E-state index is -1.67. The molecule has 0 radical (unpaired) electrons. The highest BCUT2D eigenvalue weighted by molar-refractivity contribution is 6.00. The van der Waals surface area contributed by atoms with Crippen molar-refractivity contribution < 1.29 is 4.74 Å². The number of ether oxygens (including phenoxy) is 1. The summed E-state index contributed by atoms with van der Waals surface area (Å²) in [4.78, 5) is 2.11. The summed E-state index contributed by atoms with van der Waals surface area (Å²) in [5.41, 5.74) is -0.105. The molecule has 6 heteroatoms. The molecular formula is C22H23N5O. The summed E-state index contributed by atoms with van der Waals surface area (Å²) in [6.45, 7) is 5.22. The third-order valence-electron chi connectivity index (χ3n) is 5.58. The number of nitrogens with zero attached hydrogens (tertiary/aromatic N) is 4. The van der Waals surface area contributed by atoms with Crippen LogP contribution >= 0.6 is 0 Å². The molecule has 142 valence electrons. The summed E-state index contributed by atoms with van der Waals surface area (Å²) in [5, 5.41) is 38.3. The van der Waals surface area contributed by atoms with Gasteiger partial charge in [-0.25, -0.2) is 0 Å². The van der Waals surface area contributed by atoms with Crippen LogP contribution in [0, 0.1) is 56.7 Å². The van der Waals surface area contributed by atoms with Gasteiger partial charge in [0.15, 0.2) is 5.41 Å². The minimum Gasteiger partial charge on any atom is -0.491 e. The second-order valence-electron chi connectivity index (χ2n) is 7.75. The lowest BCUT2D eigenvalue weighted by Gasteiger charge is -2.47. The predicted octanol–water partition coefficient (Wildman–Crippen LogP) is 3.25. The van der Waals surface area contributed by atoms with E-state index in [-0.39, 0.29) is 17.7 Å². The molecule has 28 heavy (non-hydrogen) atoms. The first-order chi connectivity index (χ1) is 13.4. The van der Waals surface area contributed by atoms with E-state index < -0.39 is 17.3 Å². The first-order valence-electron chi connectivity index (χ1n) is 9.34. The van der Waals surface area contributed by atoms with Crippen LogP contribution in [0.2, 0.25) is 0 Å². The average Bonchev–Trinajstić information content (AvgIpc) is 2.68. The van der Waals surface area contributed by atoms with Crippen molar-refractivity contribution in [2.45, 2.75) is 25.9 Å². The van der Waals surface area contributed by atoms with Crippen molar-refractivity contribution in [3.05, 3.63) is 41.5 Å². The van der Waals surface area contributed by atoms with Crippen molar-refractivity contribution in [3.63, 3.8) is 0 Å². The molecule has 1 N–H and O–H groups in total. The summed E-state index contributed by atoms with van der Waals surface area (Å²) in [6, 6.07) is 13.8. The lowest BCUT2D eigenvalue weighted by atomic mass is 9.54. The molecule has 1 aliphatic carbocycles. The molecule has 6 nitrogen and oxygen atoms in total.